The monoisotopic (exact) mass is 442 g/mol. The number of carbonyl (C=O) groups is 1. The van der Waals surface area contributed by atoms with Crippen molar-refractivity contribution in [3.63, 3.8) is 0 Å². The van der Waals surface area contributed by atoms with Gasteiger partial charge in [0.1, 0.15) is 23.2 Å². The molecule has 1 aliphatic rings. The van der Waals surface area contributed by atoms with Gasteiger partial charge in [0.25, 0.3) is 5.91 Å². The molecule has 0 bridgehead atoms. The number of carbonyl (C=O) groups excluding carboxylic acids is 1. The Kier molecular flexibility index (Phi) is 6.19. The highest BCUT2D eigenvalue weighted by Crippen LogP contribution is 2.22. The number of aromatic nitrogens is 4. The van der Waals surface area contributed by atoms with E-state index in [0.717, 1.165) is 30.4 Å². The molecule has 0 atom stereocenters. The Hall–Kier alpha value is -2.98. The minimum absolute atomic E-state index is 0.161. The second-order valence-electron chi connectivity index (χ2n) is 7.68. The molecule has 1 N–H and O–H groups in total. The van der Waals surface area contributed by atoms with E-state index in [9.17, 15) is 13.2 Å². The molecule has 0 spiro atoms. The van der Waals surface area contributed by atoms with Crippen LogP contribution in [0.15, 0.2) is 54.1 Å². The summed E-state index contributed by atoms with van der Waals surface area (Å²) in [5.74, 6) is -0.321. The molecule has 4 rings (SSSR count). The van der Waals surface area contributed by atoms with Gasteiger partial charge in [-0.05, 0) is 30.0 Å². The van der Waals surface area contributed by atoms with E-state index in [4.69, 9.17) is 0 Å². The Balaban J connectivity index is 1.47. The molecule has 0 saturated carbocycles. The summed E-state index contributed by atoms with van der Waals surface area (Å²) in [6.07, 6.45) is 7.42. The summed E-state index contributed by atoms with van der Waals surface area (Å²) in [7, 11) is -1.90. The van der Waals surface area contributed by atoms with Gasteiger partial charge >= 0.3 is 0 Å². The number of hydrogen-bond acceptors (Lipinski definition) is 5. The number of rotatable bonds is 7. The quantitative estimate of drug-likeness (QED) is 0.601. The van der Waals surface area contributed by atoms with Crippen LogP contribution >= 0.6 is 0 Å². The molecule has 1 aromatic carbocycles. The lowest BCUT2D eigenvalue weighted by Crippen LogP contribution is -2.35. The number of nitrogens with one attached hydrogen (secondary N) is 1. The molecule has 1 saturated heterocycles. The van der Waals surface area contributed by atoms with Gasteiger partial charge in [0.05, 0.1) is 6.54 Å². The van der Waals surface area contributed by atoms with Gasteiger partial charge in [0.15, 0.2) is 0 Å². The average Bonchev–Trinajstić information content (AvgIpc) is 3.43. The van der Waals surface area contributed by atoms with Crippen molar-refractivity contribution in [2.24, 2.45) is 7.05 Å². The molecular weight excluding hydrogens is 416 g/mol. The van der Waals surface area contributed by atoms with E-state index in [1.165, 1.54) is 22.9 Å². The Morgan fingerprint density at radius 1 is 1.13 bits per heavy atom. The van der Waals surface area contributed by atoms with E-state index in [1.54, 1.807) is 22.6 Å². The van der Waals surface area contributed by atoms with Gasteiger partial charge in [0.2, 0.25) is 10.0 Å². The van der Waals surface area contributed by atoms with Gasteiger partial charge in [-0.15, -0.1) is 0 Å². The first-order valence-electron chi connectivity index (χ1n) is 10.3. The summed E-state index contributed by atoms with van der Waals surface area (Å²) < 4.78 is 30.6. The van der Waals surface area contributed by atoms with Crippen molar-refractivity contribution in [2.75, 3.05) is 13.1 Å². The highest BCUT2D eigenvalue weighted by molar-refractivity contribution is 7.89. The molecule has 3 aromatic rings. The van der Waals surface area contributed by atoms with Crippen molar-refractivity contribution < 1.29 is 13.2 Å². The lowest BCUT2D eigenvalue weighted by atomic mass is 10.1. The van der Waals surface area contributed by atoms with Crippen molar-refractivity contribution in [1.82, 2.24) is 29.0 Å². The number of amides is 1. The van der Waals surface area contributed by atoms with Crippen molar-refractivity contribution in [3.8, 4) is 0 Å². The fraction of sp³-hybridized carbons (Fsp3) is 0.381. The maximum Gasteiger partial charge on any atom is 0.268 e. The first kappa shape index (κ1) is 21.3. The molecule has 31 heavy (non-hydrogen) atoms. The third kappa shape index (κ3) is 4.70. The van der Waals surface area contributed by atoms with E-state index in [1.807, 2.05) is 24.3 Å². The summed E-state index contributed by atoms with van der Waals surface area (Å²) in [6.45, 7) is 1.93. The summed E-state index contributed by atoms with van der Waals surface area (Å²) in [6, 6.07) is 9.24. The second-order valence-corrected chi connectivity index (χ2v) is 9.62. The van der Waals surface area contributed by atoms with Crippen LogP contribution in [0, 0.1) is 0 Å². The van der Waals surface area contributed by atoms with Crippen LogP contribution < -0.4 is 5.32 Å². The molecule has 2 aromatic heterocycles. The van der Waals surface area contributed by atoms with Crippen LogP contribution in [0.5, 0.6) is 0 Å². The van der Waals surface area contributed by atoms with Gasteiger partial charge in [0, 0.05) is 32.9 Å². The number of piperidine rings is 1. The maximum absolute atomic E-state index is 12.9. The lowest BCUT2D eigenvalue weighted by molar-refractivity contribution is 0.0942. The normalized spacial score (nSPS) is 15.1. The predicted octanol–water partition coefficient (Wildman–Crippen LogP) is 1.77. The van der Waals surface area contributed by atoms with E-state index in [2.05, 4.69) is 15.4 Å². The molecule has 0 aliphatic carbocycles. The minimum Gasteiger partial charge on any atom is -0.347 e. The standard InChI is InChI=1S/C21H26N6O3S/c1-25-14-19(31(29,30)27-9-5-2-6-10-27)11-20(25)21(28)23-12-17-7-3-4-8-18(17)13-26-16-22-15-24-26/h3-4,7-8,11,14-16H,2,5-6,9-10,12-13H2,1H3,(H,23,28). The van der Waals surface area contributed by atoms with Crippen LogP contribution in [0.1, 0.15) is 40.9 Å². The predicted molar refractivity (Wildman–Crippen MR) is 115 cm³/mol. The van der Waals surface area contributed by atoms with Gasteiger partial charge in [-0.1, -0.05) is 30.7 Å². The van der Waals surface area contributed by atoms with E-state index in [-0.39, 0.29) is 10.8 Å². The molecule has 0 unspecified atom stereocenters. The van der Waals surface area contributed by atoms with Crippen LogP contribution in [0.2, 0.25) is 0 Å². The summed E-state index contributed by atoms with van der Waals surface area (Å²) in [5.41, 5.74) is 2.29. The highest BCUT2D eigenvalue weighted by atomic mass is 32.2. The van der Waals surface area contributed by atoms with Crippen LogP contribution in [-0.2, 0) is 30.2 Å². The zero-order valence-electron chi connectivity index (χ0n) is 17.4. The molecule has 9 nitrogen and oxygen atoms in total. The largest absolute Gasteiger partial charge is 0.347 e. The van der Waals surface area contributed by atoms with Crippen LogP contribution in [0.3, 0.4) is 0 Å². The van der Waals surface area contributed by atoms with E-state index in [0.29, 0.717) is 31.9 Å². The van der Waals surface area contributed by atoms with Gasteiger partial charge in [-0.25, -0.2) is 18.1 Å². The molecule has 3 heterocycles. The van der Waals surface area contributed by atoms with Crippen LogP contribution in [-0.4, -0.2) is 51.1 Å². The number of benzene rings is 1. The third-order valence-corrected chi connectivity index (χ3v) is 7.39. The molecule has 1 fully saturated rings. The Morgan fingerprint density at radius 2 is 1.87 bits per heavy atom. The molecule has 164 valence electrons. The van der Waals surface area contributed by atoms with E-state index >= 15 is 0 Å². The van der Waals surface area contributed by atoms with Crippen molar-refractivity contribution in [1.29, 1.82) is 0 Å². The number of hydrogen-bond donors (Lipinski definition) is 1. The SMILES string of the molecule is Cn1cc(S(=O)(=O)N2CCCCC2)cc1C(=O)NCc1ccccc1Cn1cncn1. The zero-order chi connectivity index (χ0) is 21.8. The summed E-state index contributed by atoms with van der Waals surface area (Å²) in [5, 5.41) is 7.03. The third-order valence-electron chi connectivity index (χ3n) is 5.52. The highest BCUT2D eigenvalue weighted by Gasteiger charge is 2.28. The average molecular weight is 443 g/mol. The fourth-order valence-electron chi connectivity index (χ4n) is 3.79. The maximum atomic E-state index is 12.9. The van der Waals surface area contributed by atoms with Gasteiger partial charge < -0.3 is 9.88 Å². The second kappa shape index (κ2) is 9.03. The van der Waals surface area contributed by atoms with Crippen molar-refractivity contribution in [2.45, 2.75) is 37.2 Å². The first-order chi connectivity index (χ1) is 14.9. The number of nitrogens with zero attached hydrogens (tertiary/aromatic N) is 5. The van der Waals surface area contributed by atoms with Crippen LogP contribution in [0.25, 0.3) is 0 Å². The minimum atomic E-state index is -3.58. The lowest BCUT2D eigenvalue weighted by Gasteiger charge is -2.25. The smallest absolute Gasteiger partial charge is 0.268 e. The topological polar surface area (TPSA) is 102 Å². The molecule has 0 radical (unpaired) electrons. The summed E-state index contributed by atoms with van der Waals surface area (Å²) >= 11 is 0. The molecule has 1 amide bonds. The first-order valence-corrected chi connectivity index (χ1v) is 11.7. The molecule has 10 heteroatoms. The molecular formula is C21H26N6O3S. The van der Waals surface area contributed by atoms with Gasteiger partial charge in [-0.3, -0.25) is 4.79 Å². The fourth-order valence-corrected chi connectivity index (χ4v) is 5.38. The van der Waals surface area contributed by atoms with Crippen molar-refractivity contribution in [3.05, 3.63) is 66.0 Å². The van der Waals surface area contributed by atoms with E-state index < -0.39 is 10.0 Å². The van der Waals surface area contributed by atoms with Crippen LogP contribution in [0.4, 0.5) is 0 Å². The number of sulfonamides is 1. The van der Waals surface area contributed by atoms with Gasteiger partial charge in [-0.2, -0.15) is 9.40 Å². The molecule has 1 aliphatic heterocycles. The number of aryl methyl sites for hydroxylation is 1. The zero-order valence-corrected chi connectivity index (χ0v) is 18.3. The summed E-state index contributed by atoms with van der Waals surface area (Å²) in [4.78, 5) is 16.9. The van der Waals surface area contributed by atoms with Crippen molar-refractivity contribution >= 4 is 15.9 Å². The Bertz CT molecular complexity index is 1150. The Labute approximate surface area is 181 Å². The Morgan fingerprint density at radius 3 is 2.58 bits per heavy atom.